The van der Waals surface area contributed by atoms with E-state index in [1.165, 1.54) is 7.05 Å². The molecule has 0 aromatic rings. The molecule has 70 valence electrons. The van der Waals surface area contributed by atoms with Crippen LogP contribution in [0.1, 0.15) is 12.8 Å². The largest absolute Gasteiger partial charge is 0.481 e. The fourth-order valence-electron chi connectivity index (χ4n) is 0.626. The molecule has 0 saturated carbocycles. The topological polar surface area (TPSA) is 104 Å². The minimum Gasteiger partial charge on any atom is -0.481 e. The van der Waals surface area contributed by atoms with Gasteiger partial charge in [0.1, 0.15) is 0 Å². The van der Waals surface area contributed by atoms with E-state index in [-0.39, 0.29) is 12.8 Å². The predicted molar refractivity (Wildman–Crippen MR) is 42.0 cm³/mol. The highest BCUT2D eigenvalue weighted by Crippen LogP contribution is 1.93. The van der Waals surface area contributed by atoms with Gasteiger partial charge in [-0.05, 0) is 6.42 Å². The Bertz CT molecular complexity index is 171. The molecule has 0 aromatic heterocycles. The van der Waals surface area contributed by atoms with Crippen LogP contribution in [0.15, 0.2) is 0 Å². The number of carboxylic acids is 1. The van der Waals surface area contributed by atoms with E-state index in [0.29, 0.717) is 0 Å². The van der Waals surface area contributed by atoms with Crippen molar-refractivity contribution in [3.05, 3.63) is 0 Å². The average Bonchev–Trinajstić information content (AvgIpc) is 2.00. The number of hydrogen-bond acceptors (Lipinski definition) is 4. The van der Waals surface area contributed by atoms with E-state index in [1.807, 2.05) is 0 Å². The van der Waals surface area contributed by atoms with Crippen molar-refractivity contribution >= 4 is 11.9 Å². The summed E-state index contributed by atoms with van der Waals surface area (Å²) in [6.45, 7) is 0. The van der Waals surface area contributed by atoms with Gasteiger partial charge in [0.2, 0.25) is 0 Å². The highest BCUT2D eigenvalue weighted by Gasteiger charge is 2.13. The van der Waals surface area contributed by atoms with Gasteiger partial charge < -0.3 is 10.8 Å². The summed E-state index contributed by atoms with van der Waals surface area (Å²) < 4.78 is 0. The quantitative estimate of drug-likeness (QED) is 0.378. The Morgan fingerprint density at radius 1 is 1.58 bits per heavy atom. The van der Waals surface area contributed by atoms with E-state index in [2.05, 4.69) is 10.9 Å². The number of amides is 1. The second kappa shape index (κ2) is 5.50. The van der Waals surface area contributed by atoms with Crippen LogP contribution in [-0.4, -0.2) is 30.1 Å². The van der Waals surface area contributed by atoms with Gasteiger partial charge >= 0.3 is 5.97 Å². The molecule has 0 bridgehead atoms. The lowest BCUT2D eigenvalue weighted by Gasteiger charge is -2.09. The Kier molecular flexibility index (Phi) is 4.98. The molecule has 0 aliphatic heterocycles. The van der Waals surface area contributed by atoms with Crippen LogP contribution >= 0.6 is 0 Å². The lowest BCUT2D eigenvalue weighted by Crippen LogP contribution is -2.45. The first kappa shape index (κ1) is 10.9. The number of carboxylic acid groups (broad SMARTS) is 1. The molecular formula is C6H13N3O3. The Balaban J connectivity index is 3.63. The van der Waals surface area contributed by atoms with Gasteiger partial charge in [0.25, 0.3) is 5.91 Å². The zero-order valence-corrected chi connectivity index (χ0v) is 6.83. The first-order valence-electron chi connectivity index (χ1n) is 3.52. The first-order valence-corrected chi connectivity index (χ1v) is 3.52. The number of nitrogens with one attached hydrogen (secondary N) is 2. The third-order valence-corrected chi connectivity index (χ3v) is 1.25. The van der Waals surface area contributed by atoms with E-state index in [4.69, 9.17) is 10.8 Å². The van der Waals surface area contributed by atoms with Crippen LogP contribution in [0.3, 0.4) is 0 Å². The van der Waals surface area contributed by atoms with Gasteiger partial charge in [0, 0.05) is 13.5 Å². The lowest BCUT2D eigenvalue weighted by atomic mass is 10.1. The average molecular weight is 175 g/mol. The molecule has 0 saturated heterocycles. The van der Waals surface area contributed by atoms with Crippen molar-refractivity contribution in [1.82, 2.24) is 10.9 Å². The SMILES string of the molecule is CNNC(=O)[C@@H](N)CCC(=O)O. The summed E-state index contributed by atoms with van der Waals surface area (Å²) in [5.74, 6) is -1.36. The van der Waals surface area contributed by atoms with E-state index in [9.17, 15) is 9.59 Å². The van der Waals surface area contributed by atoms with Crippen molar-refractivity contribution in [2.24, 2.45) is 5.73 Å². The molecule has 12 heavy (non-hydrogen) atoms. The summed E-state index contributed by atoms with van der Waals surface area (Å²) >= 11 is 0. The van der Waals surface area contributed by atoms with E-state index >= 15 is 0 Å². The maximum atomic E-state index is 10.9. The fraction of sp³-hybridized carbons (Fsp3) is 0.667. The van der Waals surface area contributed by atoms with Crippen LogP contribution < -0.4 is 16.6 Å². The smallest absolute Gasteiger partial charge is 0.303 e. The molecular weight excluding hydrogens is 162 g/mol. The number of hydrogen-bond donors (Lipinski definition) is 4. The highest BCUT2D eigenvalue weighted by molar-refractivity contribution is 5.81. The maximum Gasteiger partial charge on any atom is 0.303 e. The highest BCUT2D eigenvalue weighted by atomic mass is 16.4. The molecule has 5 N–H and O–H groups in total. The van der Waals surface area contributed by atoms with Crippen LogP contribution in [0.25, 0.3) is 0 Å². The van der Waals surface area contributed by atoms with Crippen molar-refractivity contribution in [2.75, 3.05) is 7.05 Å². The molecule has 1 atom stereocenters. The monoisotopic (exact) mass is 175 g/mol. The molecule has 6 heteroatoms. The van der Waals surface area contributed by atoms with Gasteiger partial charge in [-0.3, -0.25) is 15.0 Å². The summed E-state index contributed by atoms with van der Waals surface area (Å²) in [5, 5.41) is 8.27. The zero-order valence-electron chi connectivity index (χ0n) is 6.83. The maximum absolute atomic E-state index is 10.9. The minimum absolute atomic E-state index is 0.0989. The van der Waals surface area contributed by atoms with Crippen LogP contribution in [0, 0.1) is 0 Å². The molecule has 0 heterocycles. The minimum atomic E-state index is -0.956. The molecule has 0 aromatic carbocycles. The van der Waals surface area contributed by atoms with Gasteiger partial charge in [-0.15, -0.1) is 0 Å². The fourth-order valence-corrected chi connectivity index (χ4v) is 0.626. The molecule has 0 rings (SSSR count). The zero-order chi connectivity index (χ0) is 9.56. The van der Waals surface area contributed by atoms with E-state index < -0.39 is 17.9 Å². The predicted octanol–water partition coefficient (Wildman–Crippen LogP) is -1.57. The van der Waals surface area contributed by atoms with Crippen molar-refractivity contribution < 1.29 is 14.7 Å². The number of aliphatic carboxylic acids is 1. The Morgan fingerprint density at radius 2 is 2.17 bits per heavy atom. The van der Waals surface area contributed by atoms with Gasteiger partial charge in [0.15, 0.2) is 0 Å². The normalized spacial score (nSPS) is 12.2. The number of carbonyl (C=O) groups excluding carboxylic acids is 1. The van der Waals surface area contributed by atoms with Gasteiger partial charge in [-0.2, -0.15) is 0 Å². The molecule has 0 spiro atoms. The second-order valence-electron chi connectivity index (χ2n) is 2.28. The lowest BCUT2D eigenvalue weighted by molar-refractivity contribution is -0.137. The standard InChI is InChI=1S/C6H13N3O3/c1-8-9-6(12)4(7)2-3-5(10)11/h4,8H,2-3,7H2,1H3,(H,9,12)(H,10,11)/t4-/m0/s1. The van der Waals surface area contributed by atoms with Gasteiger partial charge in [0.05, 0.1) is 6.04 Å². The first-order chi connectivity index (χ1) is 5.57. The number of carbonyl (C=O) groups is 2. The van der Waals surface area contributed by atoms with Crippen molar-refractivity contribution in [3.8, 4) is 0 Å². The number of hydrazine groups is 1. The summed E-state index contributed by atoms with van der Waals surface area (Å²) in [7, 11) is 1.53. The third kappa shape index (κ3) is 4.64. The molecule has 0 fully saturated rings. The molecule has 0 radical (unpaired) electrons. The van der Waals surface area contributed by atoms with Crippen molar-refractivity contribution in [3.63, 3.8) is 0 Å². The van der Waals surface area contributed by atoms with Crippen molar-refractivity contribution in [1.29, 1.82) is 0 Å². The number of rotatable bonds is 5. The molecule has 0 aliphatic carbocycles. The van der Waals surface area contributed by atoms with Gasteiger partial charge in [-0.1, -0.05) is 0 Å². The second-order valence-corrected chi connectivity index (χ2v) is 2.28. The Hall–Kier alpha value is -1.14. The van der Waals surface area contributed by atoms with Crippen LogP contribution in [0.4, 0.5) is 0 Å². The summed E-state index contributed by atoms with van der Waals surface area (Å²) in [6.07, 6.45) is 0.0428. The molecule has 0 unspecified atom stereocenters. The summed E-state index contributed by atoms with van der Waals surface area (Å²) in [4.78, 5) is 20.9. The summed E-state index contributed by atoms with van der Waals surface area (Å²) in [5.41, 5.74) is 10.0. The molecule has 0 aliphatic rings. The van der Waals surface area contributed by atoms with Crippen LogP contribution in [0.2, 0.25) is 0 Å². The third-order valence-electron chi connectivity index (χ3n) is 1.25. The van der Waals surface area contributed by atoms with E-state index in [0.717, 1.165) is 0 Å². The molecule has 6 nitrogen and oxygen atoms in total. The van der Waals surface area contributed by atoms with Crippen LogP contribution in [0.5, 0.6) is 0 Å². The van der Waals surface area contributed by atoms with E-state index in [1.54, 1.807) is 0 Å². The van der Waals surface area contributed by atoms with Gasteiger partial charge in [-0.25, -0.2) is 5.43 Å². The van der Waals surface area contributed by atoms with Crippen molar-refractivity contribution in [2.45, 2.75) is 18.9 Å². The Labute approximate surface area is 70.1 Å². The number of nitrogens with two attached hydrogens (primary N) is 1. The summed E-state index contributed by atoms with van der Waals surface area (Å²) in [6, 6.07) is -0.770. The van der Waals surface area contributed by atoms with Crippen LogP contribution in [-0.2, 0) is 9.59 Å². The Morgan fingerprint density at radius 3 is 2.58 bits per heavy atom. The molecule has 1 amide bonds.